The summed E-state index contributed by atoms with van der Waals surface area (Å²) in [6, 6.07) is 0. The van der Waals surface area contributed by atoms with E-state index in [4.69, 9.17) is 9.47 Å². The van der Waals surface area contributed by atoms with E-state index in [2.05, 4.69) is 33.8 Å². The monoisotopic (exact) mass is 270 g/mol. The van der Waals surface area contributed by atoms with Gasteiger partial charge >= 0.3 is 0 Å². The van der Waals surface area contributed by atoms with Crippen molar-refractivity contribution in [2.24, 2.45) is 11.3 Å². The smallest absolute Gasteiger partial charge is 0.245 e. The third-order valence-corrected chi connectivity index (χ3v) is 5.82. The molecular weight excluding hydrogens is 248 g/mol. The summed E-state index contributed by atoms with van der Waals surface area (Å²) < 4.78 is 12.2. The summed E-state index contributed by atoms with van der Waals surface area (Å²) in [5.41, 5.74) is 7.38. The quantitative estimate of drug-likeness (QED) is 0.639. The zero-order chi connectivity index (χ0) is 14.4. The van der Waals surface area contributed by atoms with Crippen molar-refractivity contribution in [1.82, 2.24) is 0 Å². The van der Waals surface area contributed by atoms with Crippen LogP contribution in [0.25, 0.3) is 0 Å². The predicted molar refractivity (Wildman–Crippen MR) is 78.6 cm³/mol. The lowest BCUT2D eigenvalue weighted by molar-refractivity contribution is -0.125. The fraction of sp³-hybridized carbons (Fsp3) is 0.556. The fourth-order valence-corrected chi connectivity index (χ4v) is 4.56. The fourth-order valence-electron chi connectivity index (χ4n) is 4.56. The highest BCUT2D eigenvalue weighted by molar-refractivity contribution is 5.65. The Morgan fingerprint density at radius 1 is 1.10 bits per heavy atom. The maximum atomic E-state index is 6.14. The zero-order valence-corrected chi connectivity index (χ0v) is 13.2. The summed E-state index contributed by atoms with van der Waals surface area (Å²) in [5, 5.41) is 0. The van der Waals surface area contributed by atoms with Crippen molar-refractivity contribution in [3.8, 4) is 0 Å². The van der Waals surface area contributed by atoms with Gasteiger partial charge in [0.1, 0.15) is 5.76 Å². The van der Waals surface area contributed by atoms with Crippen LogP contribution < -0.4 is 0 Å². The second-order valence-electron chi connectivity index (χ2n) is 7.13. The Hall–Kier alpha value is -1.44. The van der Waals surface area contributed by atoms with Gasteiger partial charge in [-0.15, -0.1) is 0 Å². The van der Waals surface area contributed by atoms with Gasteiger partial charge in [-0.2, -0.15) is 0 Å². The number of hydrogen-bond acceptors (Lipinski definition) is 2. The molecule has 1 heterocycles. The van der Waals surface area contributed by atoms with Gasteiger partial charge in [0.15, 0.2) is 5.76 Å². The molecule has 20 heavy (non-hydrogen) atoms. The molecule has 2 heteroatoms. The largest absolute Gasteiger partial charge is 0.453 e. The second-order valence-corrected chi connectivity index (χ2v) is 7.13. The normalized spacial score (nSPS) is 36.9. The molecule has 2 atom stereocenters. The van der Waals surface area contributed by atoms with Gasteiger partial charge in [0.05, 0.1) is 0 Å². The predicted octanol–water partition coefficient (Wildman–Crippen LogP) is 4.61. The third kappa shape index (κ3) is 1.13. The molecule has 2 unspecified atom stereocenters. The van der Waals surface area contributed by atoms with Crippen molar-refractivity contribution >= 4 is 0 Å². The van der Waals surface area contributed by atoms with Gasteiger partial charge in [0, 0.05) is 25.2 Å². The Kier molecular flexibility index (Phi) is 1.99. The summed E-state index contributed by atoms with van der Waals surface area (Å²) in [5.74, 6) is 1.90. The van der Waals surface area contributed by atoms with E-state index in [-0.39, 0.29) is 5.41 Å². The van der Waals surface area contributed by atoms with Crippen molar-refractivity contribution < 1.29 is 9.47 Å². The lowest BCUT2D eigenvalue weighted by Gasteiger charge is -2.39. The molecule has 0 aromatic carbocycles. The van der Waals surface area contributed by atoms with Gasteiger partial charge in [0.25, 0.3) is 0 Å². The van der Waals surface area contributed by atoms with Gasteiger partial charge in [0.2, 0.25) is 5.79 Å². The van der Waals surface area contributed by atoms with Crippen LogP contribution in [0, 0.1) is 11.3 Å². The Labute approximate surface area is 120 Å². The molecule has 2 bridgehead atoms. The van der Waals surface area contributed by atoms with Crippen molar-refractivity contribution in [2.45, 2.75) is 53.8 Å². The molecule has 106 valence electrons. The van der Waals surface area contributed by atoms with E-state index in [1.165, 1.54) is 27.9 Å². The summed E-state index contributed by atoms with van der Waals surface area (Å²) >= 11 is 0. The summed E-state index contributed by atoms with van der Waals surface area (Å²) in [4.78, 5) is 0. The van der Waals surface area contributed by atoms with Crippen molar-refractivity contribution in [3.05, 3.63) is 45.5 Å². The van der Waals surface area contributed by atoms with Crippen LogP contribution in [-0.2, 0) is 9.47 Å². The van der Waals surface area contributed by atoms with E-state index >= 15 is 0 Å². The lowest BCUT2D eigenvalue weighted by Crippen LogP contribution is -2.33. The minimum atomic E-state index is -0.523. The van der Waals surface area contributed by atoms with Crippen LogP contribution in [0.15, 0.2) is 45.5 Å². The molecule has 4 aliphatic rings. The maximum Gasteiger partial charge on any atom is 0.245 e. The highest BCUT2D eigenvalue weighted by Gasteiger charge is 2.58. The van der Waals surface area contributed by atoms with Crippen LogP contribution >= 0.6 is 0 Å². The number of fused-ring (bicyclic) bond motifs is 2. The van der Waals surface area contributed by atoms with Gasteiger partial charge in [-0.25, -0.2) is 0 Å². The van der Waals surface area contributed by atoms with Gasteiger partial charge < -0.3 is 9.47 Å². The van der Waals surface area contributed by atoms with Gasteiger partial charge in [-0.1, -0.05) is 18.6 Å². The van der Waals surface area contributed by atoms with Crippen molar-refractivity contribution in [3.63, 3.8) is 0 Å². The lowest BCUT2D eigenvalue weighted by atomic mass is 9.65. The van der Waals surface area contributed by atoms with E-state index in [0.717, 1.165) is 17.9 Å². The topological polar surface area (TPSA) is 18.5 Å². The summed E-state index contributed by atoms with van der Waals surface area (Å²) in [6.45, 7) is 13.1. The first-order chi connectivity index (χ1) is 9.28. The van der Waals surface area contributed by atoms with E-state index in [9.17, 15) is 0 Å². The average molecular weight is 270 g/mol. The van der Waals surface area contributed by atoms with E-state index in [1.54, 1.807) is 0 Å². The molecule has 0 amide bonds. The number of rotatable bonds is 0. The minimum Gasteiger partial charge on any atom is -0.453 e. The molecule has 3 aliphatic carbocycles. The van der Waals surface area contributed by atoms with Crippen LogP contribution in [0.4, 0.5) is 0 Å². The molecule has 1 aliphatic heterocycles. The minimum absolute atomic E-state index is 0.131. The van der Waals surface area contributed by atoms with Crippen molar-refractivity contribution in [1.29, 1.82) is 0 Å². The summed E-state index contributed by atoms with van der Waals surface area (Å²) in [6.07, 6.45) is 3.43. The average Bonchev–Trinajstić information content (AvgIpc) is 2.95. The van der Waals surface area contributed by atoms with Crippen LogP contribution in [-0.4, -0.2) is 5.79 Å². The molecule has 0 aromatic heterocycles. The number of hydrogen-bond donors (Lipinski definition) is 0. The standard InChI is InChI=1S/C18H22O2/c1-9-10(2)14-7-13-8-18(14,11(9)3)12(4)15-16(13)20-17(5,6)19-15/h7,12H,8H2,1-6H3. The first kappa shape index (κ1) is 12.3. The first-order valence-electron chi connectivity index (χ1n) is 7.51. The molecule has 0 fully saturated rings. The van der Waals surface area contributed by atoms with Crippen LogP contribution in [0.3, 0.4) is 0 Å². The van der Waals surface area contributed by atoms with E-state index in [0.29, 0.717) is 5.92 Å². The second kappa shape index (κ2) is 3.24. The van der Waals surface area contributed by atoms with Crippen LogP contribution in [0.1, 0.15) is 48.0 Å². The molecule has 2 nitrogen and oxygen atoms in total. The third-order valence-electron chi connectivity index (χ3n) is 5.82. The van der Waals surface area contributed by atoms with E-state index in [1.807, 2.05) is 13.8 Å². The molecule has 0 saturated carbocycles. The zero-order valence-electron chi connectivity index (χ0n) is 13.2. The van der Waals surface area contributed by atoms with Crippen molar-refractivity contribution in [2.75, 3.05) is 0 Å². The van der Waals surface area contributed by atoms with Gasteiger partial charge in [-0.3, -0.25) is 0 Å². The first-order valence-corrected chi connectivity index (χ1v) is 7.51. The Bertz CT molecular complexity index is 670. The Balaban J connectivity index is 1.94. The molecule has 0 aromatic rings. The number of allylic oxidation sites excluding steroid dienone is 7. The highest BCUT2D eigenvalue weighted by atomic mass is 16.7. The van der Waals surface area contributed by atoms with Crippen LogP contribution in [0.5, 0.6) is 0 Å². The summed E-state index contributed by atoms with van der Waals surface area (Å²) in [7, 11) is 0. The highest BCUT2D eigenvalue weighted by Crippen LogP contribution is 2.66. The number of ether oxygens (including phenoxy) is 2. The van der Waals surface area contributed by atoms with Gasteiger partial charge in [-0.05, 0) is 49.5 Å². The molecule has 4 rings (SSSR count). The Morgan fingerprint density at radius 2 is 1.80 bits per heavy atom. The molecule has 0 radical (unpaired) electrons. The van der Waals surface area contributed by atoms with Crippen LogP contribution in [0.2, 0.25) is 0 Å². The Morgan fingerprint density at radius 3 is 2.50 bits per heavy atom. The molecule has 1 spiro atoms. The molecular formula is C18H22O2. The maximum absolute atomic E-state index is 6.14. The molecule has 0 saturated heterocycles. The SMILES string of the molecule is CC1=C(C)C23CC(=CC2=C1C)C1=C(OC(C)(C)O1)C3C. The van der Waals surface area contributed by atoms with E-state index < -0.39 is 5.79 Å². The molecule has 0 N–H and O–H groups in total.